The topological polar surface area (TPSA) is 142 Å². The Hall–Kier alpha value is -2.46. The average Bonchev–Trinajstić information content (AvgIpc) is 2.53. The molecule has 10 heteroatoms. The summed E-state index contributed by atoms with van der Waals surface area (Å²) in [4.78, 5) is 33.1. The summed E-state index contributed by atoms with van der Waals surface area (Å²) >= 11 is 0. The highest BCUT2D eigenvalue weighted by Crippen LogP contribution is 2.27. The zero-order valence-electron chi connectivity index (χ0n) is 11.3. The molecule has 0 atom stereocenters. The highest BCUT2D eigenvalue weighted by molar-refractivity contribution is 7.89. The van der Waals surface area contributed by atoms with Gasteiger partial charge in [0.2, 0.25) is 21.8 Å². The van der Waals surface area contributed by atoms with Crippen LogP contribution in [0, 0.1) is 0 Å². The van der Waals surface area contributed by atoms with Crippen LogP contribution in [0.1, 0.15) is 12.8 Å². The van der Waals surface area contributed by atoms with E-state index in [2.05, 4.69) is 15.4 Å². The number of amides is 2. The first-order valence-electron chi connectivity index (χ1n) is 6.23. The number of anilines is 2. The molecule has 1 aromatic rings. The van der Waals surface area contributed by atoms with Crippen molar-refractivity contribution in [2.45, 2.75) is 17.7 Å². The lowest BCUT2D eigenvalue weighted by molar-refractivity contribution is -0.136. The zero-order valence-corrected chi connectivity index (χ0v) is 12.1. The molecule has 0 spiro atoms. The minimum absolute atomic E-state index is 0.145. The fraction of sp³-hybridized carbons (Fsp3) is 0.250. The summed E-state index contributed by atoms with van der Waals surface area (Å²) in [7, 11) is -3.91. The molecule has 0 saturated heterocycles. The number of carbonyl (C=O) groups is 3. The van der Waals surface area contributed by atoms with Crippen molar-refractivity contribution in [1.82, 2.24) is 4.72 Å². The molecule has 0 fully saturated rings. The molecule has 0 unspecified atom stereocenters. The number of benzene rings is 1. The lowest BCUT2D eigenvalue weighted by Gasteiger charge is -2.10. The lowest BCUT2D eigenvalue weighted by Crippen LogP contribution is -2.26. The molecule has 118 valence electrons. The number of hydrogen-bond acceptors (Lipinski definition) is 5. The van der Waals surface area contributed by atoms with Gasteiger partial charge in [0.1, 0.15) is 6.42 Å². The van der Waals surface area contributed by atoms with E-state index in [1.165, 1.54) is 18.2 Å². The van der Waals surface area contributed by atoms with Crippen molar-refractivity contribution in [3.8, 4) is 0 Å². The molecular weight excluding hydrogens is 314 g/mol. The van der Waals surface area contributed by atoms with Crippen molar-refractivity contribution in [3.05, 3.63) is 18.2 Å². The third kappa shape index (κ3) is 3.80. The number of hydrogen-bond donors (Lipinski definition) is 4. The average molecular weight is 327 g/mol. The Kier molecular flexibility index (Phi) is 4.43. The molecule has 2 rings (SSSR count). The van der Waals surface area contributed by atoms with Gasteiger partial charge in [-0.15, -0.1) is 0 Å². The van der Waals surface area contributed by atoms with Crippen molar-refractivity contribution in [2.75, 3.05) is 17.2 Å². The first-order chi connectivity index (χ1) is 10.3. The van der Waals surface area contributed by atoms with Gasteiger partial charge in [0.15, 0.2) is 0 Å². The molecule has 0 saturated carbocycles. The first kappa shape index (κ1) is 15.9. The summed E-state index contributed by atoms with van der Waals surface area (Å²) in [5.74, 6) is -2.17. The number of carboxylic acids is 1. The summed E-state index contributed by atoms with van der Waals surface area (Å²) in [6.45, 7) is -0.252. The first-order valence-corrected chi connectivity index (χ1v) is 7.71. The maximum Gasteiger partial charge on any atom is 0.304 e. The highest BCUT2D eigenvalue weighted by atomic mass is 32.2. The largest absolute Gasteiger partial charge is 0.481 e. The van der Waals surface area contributed by atoms with Crippen LogP contribution in [0.15, 0.2) is 23.1 Å². The highest BCUT2D eigenvalue weighted by Gasteiger charge is 2.21. The Morgan fingerprint density at radius 2 is 1.82 bits per heavy atom. The van der Waals surface area contributed by atoms with Gasteiger partial charge in [0, 0.05) is 6.54 Å². The number of rotatable bonds is 5. The van der Waals surface area contributed by atoms with Crippen LogP contribution >= 0.6 is 0 Å². The summed E-state index contributed by atoms with van der Waals surface area (Å²) in [5, 5.41) is 13.4. The minimum Gasteiger partial charge on any atom is -0.481 e. The number of sulfonamides is 1. The Bertz CT molecular complexity index is 743. The Morgan fingerprint density at radius 1 is 1.18 bits per heavy atom. The Morgan fingerprint density at radius 3 is 2.45 bits per heavy atom. The molecule has 1 aliphatic rings. The van der Waals surface area contributed by atoms with E-state index in [0.29, 0.717) is 5.69 Å². The van der Waals surface area contributed by atoms with Gasteiger partial charge in [-0.05, 0) is 18.2 Å². The van der Waals surface area contributed by atoms with E-state index < -0.39 is 27.8 Å². The van der Waals surface area contributed by atoms with E-state index in [0.717, 1.165) is 0 Å². The fourth-order valence-corrected chi connectivity index (χ4v) is 2.87. The van der Waals surface area contributed by atoms with Crippen LogP contribution in [-0.4, -0.2) is 37.9 Å². The van der Waals surface area contributed by atoms with Crippen molar-refractivity contribution in [1.29, 1.82) is 0 Å². The van der Waals surface area contributed by atoms with Crippen LogP contribution in [-0.2, 0) is 24.4 Å². The normalized spacial score (nSPS) is 14.5. The van der Waals surface area contributed by atoms with Gasteiger partial charge in [0.25, 0.3) is 0 Å². The predicted molar refractivity (Wildman–Crippen MR) is 75.8 cm³/mol. The lowest BCUT2D eigenvalue weighted by atomic mass is 10.2. The van der Waals surface area contributed by atoms with Crippen LogP contribution < -0.4 is 15.4 Å². The molecule has 2 amide bonds. The van der Waals surface area contributed by atoms with E-state index in [4.69, 9.17) is 5.11 Å². The van der Waals surface area contributed by atoms with Crippen molar-refractivity contribution in [3.63, 3.8) is 0 Å². The molecule has 22 heavy (non-hydrogen) atoms. The van der Waals surface area contributed by atoms with Crippen LogP contribution in [0.4, 0.5) is 11.4 Å². The molecule has 1 heterocycles. The second-order valence-electron chi connectivity index (χ2n) is 4.52. The minimum atomic E-state index is -3.91. The standard InChI is InChI=1S/C12H13N3O6S/c16-10-6-11(17)15-9-5-7(1-2-8(9)14-10)22(20,21)13-4-3-12(18)19/h1-2,5,13H,3-4,6H2,(H,14,16)(H,15,17)(H,18,19). The van der Waals surface area contributed by atoms with E-state index in [-0.39, 0.29) is 30.0 Å². The van der Waals surface area contributed by atoms with Crippen LogP contribution in [0.5, 0.6) is 0 Å². The van der Waals surface area contributed by atoms with Crippen LogP contribution in [0.25, 0.3) is 0 Å². The maximum absolute atomic E-state index is 12.0. The zero-order chi connectivity index (χ0) is 16.3. The van der Waals surface area contributed by atoms with Gasteiger partial charge < -0.3 is 15.7 Å². The Balaban J connectivity index is 2.25. The number of nitrogens with one attached hydrogen (secondary N) is 3. The third-order valence-corrected chi connectivity index (χ3v) is 4.26. The monoisotopic (exact) mass is 327 g/mol. The van der Waals surface area contributed by atoms with Gasteiger partial charge in [-0.2, -0.15) is 0 Å². The third-order valence-electron chi connectivity index (χ3n) is 2.80. The van der Waals surface area contributed by atoms with Crippen molar-refractivity contribution >= 4 is 39.2 Å². The predicted octanol–water partition coefficient (Wildman–Crippen LogP) is -0.280. The second-order valence-corrected chi connectivity index (χ2v) is 6.29. The quantitative estimate of drug-likeness (QED) is 0.548. The molecule has 9 nitrogen and oxygen atoms in total. The van der Waals surface area contributed by atoms with E-state index in [9.17, 15) is 22.8 Å². The molecule has 1 aliphatic heterocycles. The van der Waals surface area contributed by atoms with Gasteiger partial charge in [0.05, 0.1) is 22.7 Å². The van der Waals surface area contributed by atoms with Crippen molar-refractivity contribution < 1.29 is 27.9 Å². The molecular formula is C12H13N3O6S. The number of aliphatic carboxylic acids is 1. The van der Waals surface area contributed by atoms with Gasteiger partial charge in [-0.25, -0.2) is 13.1 Å². The van der Waals surface area contributed by atoms with Gasteiger partial charge in [-0.1, -0.05) is 0 Å². The molecule has 0 aromatic heterocycles. The van der Waals surface area contributed by atoms with E-state index >= 15 is 0 Å². The molecule has 0 radical (unpaired) electrons. The molecule has 4 N–H and O–H groups in total. The summed E-state index contributed by atoms with van der Waals surface area (Å²) in [6.07, 6.45) is -0.704. The van der Waals surface area contributed by atoms with E-state index in [1.807, 2.05) is 0 Å². The SMILES string of the molecule is O=C(O)CCNS(=O)(=O)c1ccc2c(c1)NC(=O)CC(=O)N2. The summed E-state index contributed by atoms with van der Waals surface area (Å²) in [5.41, 5.74) is 0.456. The molecule has 1 aromatic carbocycles. The van der Waals surface area contributed by atoms with E-state index in [1.54, 1.807) is 0 Å². The van der Waals surface area contributed by atoms with Gasteiger partial charge in [-0.3, -0.25) is 14.4 Å². The van der Waals surface area contributed by atoms with Crippen molar-refractivity contribution in [2.24, 2.45) is 0 Å². The number of carboxylic acid groups (broad SMARTS) is 1. The number of carbonyl (C=O) groups excluding carboxylic acids is 2. The fourth-order valence-electron chi connectivity index (χ4n) is 1.81. The number of fused-ring (bicyclic) bond motifs is 1. The van der Waals surface area contributed by atoms with Crippen LogP contribution in [0.3, 0.4) is 0 Å². The molecule has 0 bridgehead atoms. The summed E-state index contributed by atoms with van der Waals surface area (Å²) < 4.78 is 26.2. The summed E-state index contributed by atoms with van der Waals surface area (Å²) in [6, 6.07) is 3.80. The van der Waals surface area contributed by atoms with Gasteiger partial charge >= 0.3 is 5.97 Å². The second kappa shape index (κ2) is 6.12. The van der Waals surface area contributed by atoms with Crippen LogP contribution in [0.2, 0.25) is 0 Å². The smallest absolute Gasteiger partial charge is 0.304 e. The maximum atomic E-state index is 12.0. The Labute approximate surface area is 125 Å². The molecule has 0 aliphatic carbocycles.